The summed E-state index contributed by atoms with van der Waals surface area (Å²) < 4.78 is 26.8. The molecule has 2 aromatic rings. The van der Waals surface area contributed by atoms with E-state index in [1.807, 2.05) is 12.3 Å². The van der Waals surface area contributed by atoms with Gasteiger partial charge in [0, 0.05) is 29.6 Å². The van der Waals surface area contributed by atoms with E-state index in [1.54, 1.807) is 13.1 Å². The highest BCUT2D eigenvalue weighted by molar-refractivity contribution is 7.09. The maximum Gasteiger partial charge on any atom is 0.315 e. The molecule has 2 rings (SSSR count). The first-order valence-electron chi connectivity index (χ1n) is 6.86. The van der Waals surface area contributed by atoms with Gasteiger partial charge in [-0.25, -0.2) is 18.6 Å². The quantitative estimate of drug-likeness (QED) is 0.883. The molecule has 1 heterocycles. The van der Waals surface area contributed by atoms with Crippen LogP contribution < -0.4 is 10.6 Å². The van der Waals surface area contributed by atoms with E-state index >= 15 is 0 Å². The van der Waals surface area contributed by atoms with E-state index in [0.717, 1.165) is 11.1 Å². The number of urea groups is 1. The molecule has 0 bridgehead atoms. The number of rotatable bonds is 5. The summed E-state index contributed by atoms with van der Waals surface area (Å²) in [5, 5.41) is 8.11. The average Bonchev–Trinajstić information content (AvgIpc) is 3.01. The molecule has 0 fully saturated rings. The molecule has 0 aliphatic carbocycles. The standard InChI is InChI=1S/C15H17F2N3OS/c1-9(14-18-6-7-22-14)8-19-15(21)20-10(2)11-4-3-5-12(16)13(11)17/h3-7,9-10H,8H2,1-2H3,(H2,19,20,21)/t9-,10-/m0/s1. The summed E-state index contributed by atoms with van der Waals surface area (Å²) in [5.41, 5.74) is 0.114. The number of nitrogens with zero attached hydrogens (tertiary/aromatic N) is 1. The summed E-state index contributed by atoms with van der Waals surface area (Å²) in [7, 11) is 0. The minimum atomic E-state index is -0.938. The molecule has 1 aromatic carbocycles. The number of aromatic nitrogens is 1. The predicted octanol–water partition coefficient (Wildman–Crippen LogP) is 3.59. The second-order valence-electron chi connectivity index (χ2n) is 4.99. The lowest BCUT2D eigenvalue weighted by Gasteiger charge is -2.17. The summed E-state index contributed by atoms with van der Waals surface area (Å²) in [5.74, 6) is -1.78. The first-order valence-corrected chi connectivity index (χ1v) is 7.74. The van der Waals surface area contributed by atoms with Crippen molar-refractivity contribution in [1.82, 2.24) is 15.6 Å². The molecule has 0 radical (unpaired) electrons. The second kappa shape index (κ2) is 7.31. The summed E-state index contributed by atoms with van der Waals surface area (Å²) in [4.78, 5) is 16.0. The van der Waals surface area contributed by atoms with Crippen LogP contribution in [-0.4, -0.2) is 17.6 Å². The molecule has 22 heavy (non-hydrogen) atoms. The lowest BCUT2D eigenvalue weighted by Crippen LogP contribution is -2.39. The molecular weight excluding hydrogens is 308 g/mol. The normalized spacial score (nSPS) is 13.5. The van der Waals surface area contributed by atoms with E-state index in [0.29, 0.717) is 6.54 Å². The van der Waals surface area contributed by atoms with Gasteiger partial charge in [-0.15, -0.1) is 11.3 Å². The van der Waals surface area contributed by atoms with E-state index < -0.39 is 23.7 Å². The van der Waals surface area contributed by atoms with E-state index in [9.17, 15) is 13.6 Å². The smallest absolute Gasteiger partial charge is 0.315 e. The molecule has 0 saturated carbocycles. The molecule has 0 saturated heterocycles. The van der Waals surface area contributed by atoms with Crippen molar-refractivity contribution in [3.8, 4) is 0 Å². The van der Waals surface area contributed by atoms with Crippen molar-refractivity contribution in [3.63, 3.8) is 0 Å². The molecule has 0 unspecified atom stereocenters. The maximum atomic E-state index is 13.6. The van der Waals surface area contributed by atoms with Gasteiger partial charge in [0.15, 0.2) is 11.6 Å². The van der Waals surface area contributed by atoms with Crippen molar-refractivity contribution >= 4 is 17.4 Å². The zero-order valence-electron chi connectivity index (χ0n) is 12.3. The fourth-order valence-corrected chi connectivity index (χ4v) is 2.69. The van der Waals surface area contributed by atoms with Crippen molar-refractivity contribution in [2.75, 3.05) is 6.54 Å². The zero-order valence-corrected chi connectivity index (χ0v) is 13.1. The van der Waals surface area contributed by atoms with Crippen molar-refractivity contribution in [2.45, 2.75) is 25.8 Å². The van der Waals surface area contributed by atoms with Crippen LogP contribution in [-0.2, 0) is 0 Å². The molecular formula is C15H17F2N3OS. The number of hydrogen-bond acceptors (Lipinski definition) is 3. The molecule has 2 N–H and O–H groups in total. The first-order chi connectivity index (χ1) is 10.5. The number of hydrogen-bond donors (Lipinski definition) is 2. The summed E-state index contributed by atoms with van der Waals surface area (Å²) in [6.45, 7) is 3.97. The van der Waals surface area contributed by atoms with Crippen LogP contribution in [0.15, 0.2) is 29.8 Å². The average molecular weight is 325 g/mol. The topological polar surface area (TPSA) is 54.0 Å². The molecule has 118 valence electrons. The number of nitrogens with one attached hydrogen (secondary N) is 2. The van der Waals surface area contributed by atoms with E-state index in [1.165, 1.54) is 23.5 Å². The molecule has 7 heteroatoms. The minimum Gasteiger partial charge on any atom is -0.337 e. The van der Waals surface area contributed by atoms with Gasteiger partial charge in [0.25, 0.3) is 0 Å². The molecule has 1 aromatic heterocycles. The highest BCUT2D eigenvalue weighted by atomic mass is 32.1. The number of thiazole rings is 1. The predicted molar refractivity (Wildman–Crippen MR) is 81.8 cm³/mol. The molecule has 0 aliphatic rings. The largest absolute Gasteiger partial charge is 0.337 e. The van der Waals surface area contributed by atoms with Gasteiger partial charge in [0.1, 0.15) is 0 Å². The van der Waals surface area contributed by atoms with Gasteiger partial charge in [-0.1, -0.05) is 19.1 Å². The van der Waals surface area contributed by atoms with Crippen LogP contribution in [0.5, 0.6) is 0 Å². The molecule has 0 spiro atoms. The monoisotopic (exact) mass is 325 g/mol. The highest BCUT2D eigenvalue weighted by Gasteiger charge is 2.16. The van der Waals surface area contributed by atoms with Crippen LogP contribution in [0.4, 0.5) is 13.6 Å². The molecule has 2 amide bonds. The Balaban J connectivity index is 1.87. The third-order valence-electron chi connectivity index (χ3n) is 3.24. The Kier molecular flexibility index (Phi) is 5.43. The Labute approximate surface area is 131 Å². The van der Waals surface area contributed by atoms with Crippen molar-refractivity contribution < 1.29 is 13.6 Å². The summed E-state index contributed by atoms with van der Waals surface area (Å²) in [6, 6.07) is 2.84. The maximum absolute atomic E-state index is 13.6. The third kappa shape index (κ3) is 4.00. The van der Waals surface area contributed by atoms with Crippen LogP contribution >= 0.6 is 11.3 Å². The van der Waals surface area contributed by atoms with E-state index in [4.69, 9.17) is 0 Å². The second-order valence-corrected chi connectivity index (χ2v) is 5.92. The lowest BCUT2D eigenvalue weighted by molar-refractivity contribution is 0.237. The number of carbonyl (C=O) groups is 1. The van der Waals surface area contributed by atoms with Gasteiger partial charge in [-0.3, -0.25) is 0 Å². The van der Waals surface area contributed by atoms with Crippen molar-refractivity contribution in [1.29, 1.82) is 0 Å². The first kappa shape index (κ1) is 16.4. The van der Waals surface area contributed by atoms with Gasteiger partial charge in [-0.05, 0) is 13.0 Å². The zero-order chi connectivity index (χ0) is 16.1. The van der Waals surface area contributed by atoms with Crippen LogP contribution in [0, 0.1) is 11.6 Å². The third-order valence-corrected chi connectivity index (χ3v) is 4.24. The van der Waals surface area contributed by atoms with Crippen LogP contribution in [0.25, 0.3) is 0 Å². The molecule has 0 aliphatic heterocycles. The van der Waals surface area contributed by atoms with Crippen LogP contribution in [0.3, 0.4) is 0 Å². The number of halogens is 2. The minimum absolute atomic E-state index is 0.0898. The fourth-order valence-electron chi connectivity index (χ4n) is 1.99. The number of carbonyl (C=O) groups excluding carboxylic acids is 1. The van der Waals surface area contributed by atoms with Crippen LogP contribution in [0.2, 0.25) is 0 Å². The van der Waals surface area contributed by atoms with Crippen molar-refractivity contribution in [2.24, 2.45) is 0 Å². The Hall–Kier alpha value is -2.02. The fraction of sp³-hybridized carbons (Fsp3) is 0.333. The SMILES string of the molecule is C[C@H](NC(=O)NC[C@H](C)c1nccs1)c1cccc(F)c1F. The van der Waals surface area contributed by atoms with Gasteiger partial charge in [-0.2, -0.15) is 0 Å². The van der Waals surface area contributed by atoms with Gasteiger partial charge >= 0.3 is 6.03 Å². The lowest BCUT2D eigenvalue weighted by atomic mass is 10.1. The Morgan fingerprint density at radius 2 is 2.14 bits per heavy atom. The van der Waals surface area contributed by atoms with Crippen molar-refractivity contribution in [3.05, 3.63) is 52.0 Å². The Morgan fingerprint density at radius 3 is 2.82 bits per heavy atom. The molecule has 4 nitrogen and oxygen atoms in total. The van der Waals surface area contributed by atoms with Gasteiger partial charge in [0.05, 0.1) is 11.0 Å². The Morgan fingerprint density at radius 1 is 1.36 bits per heavy atom. The van der Waals surface area contributed by atoms with E-state index in [2.05, 4.69) is 15.6 Å². The summed E-state index contributed by atoms with van der Waals surface area (Å²) >= 11 is 1.52. The van der Waals surface area contributed by atoms with Gasteiger partial charge < -0.3 is 10.6 Å². The van der Waals surface area contributed by atoms with Crippen LogP contribution in [0.1, 0.15) is 36.4 Å². The Bertz CT molecular complexity index is 634. The van der Waals surface area contributed by atoms with Gasteiger partial charge in [0.2, 0.25) is 0 Å². The highest BCUT2D eigenvalue weighted by Crippen LogP contribution is 2.19. The molecule has 2 atom stereocenters. The number of benzene rings is 1. The summed E-state index contributed by atoms with van der Waals surface area (Å²) in [6.07, 6.45) is 1.71. The number of amides is 2. The van der Waals surface area contributed by atoms with E-state index in [-0.39, 0.29) is 11.5 Å².